The van der Waals surface area contributed by atoms with Crippen LogP contribution in [0.5, 0.6) is 0 Å². The first-order valence-electron chi connectivity index (χ1n) is 13.1. The second kappa shape index (κ2) is 11.4. The number of H-pyrrole nitrogens is 1. The van der Waals surface area contributed by atoms with E-state index in [9.17, 15) is 4.79 Å². The number of carbonyl (C=O) groups excluding carboxylic acids is 1. The number of likely N-dealkylation sites (tertiary alicyclic amines) is 1. The molecule has 1 amide bonds. The number of halogens is 1. The topological polar surface area (TPSA) is 85.9 Å². The largest absolute Gasteiger partial charge is 0.360 e. The zero-order valence-corrected chi connectivity index (χ0v) is 21.6. The fourth-order valence-electron chi connectivity index (χ4n) is 5.52. The molecule has 0 unspecified atom stereocenters. The Morgan fingerprint density at radius 3 is 2.83 bits per heavy atom. The molecule has 2 atom stereocenters. The molecule has 8 heteroatoms. The average Bonchev–Trinajstić information content (AvgIpc) is 3.33. The summed E-state index contributed by atoms with van der Waals surface area (Å²) in [4.78, 5) is 26.6. The average molecular weight is 507 g/mol. The summed E-state index contributed by atoms with van der Waals surface area (Å²) in [5, 5.41) is 9.04. The van der Waals surface area contributed by atoms with Crippen molar-refractivity contribution >= 4 is 34.4 Å². The van der Waals surface area contributed by atoms with Crippen LogP contribution in [0.25, 0.3) is 22.2 Å². The lowest BCUT2D eigenvalue weighted by atomic mass is 9.90. The van der Waals surface area contributed by atoms with Crippen LogP contribution >= 0.6 is 11.6 Å². The Labute approximate surface area is 217 Å². The van der Waals surface area contributed by atoms with Gasteiger partial charge < -0.3 is 20.5 Å². The summed E-state index contributed by atoms with van der Waals surface area (Å²) >= 11 is 6.51. The van der Waals surface area contributed by atoms with E-state index in [4.69, 9.17) is 16.6 Å². The summed E-state index contributed by atoms with van der Waals surface area (Å²) in [6.07, 6.45) is 13.8. The molecule has 2 aliphatic rings. The Morgan fingerprint density at radius 1 is 1.19 bits per heavy atom. The third-order valence-electron chi connectivity index (χ3n) is 7.53. The van der Waals surface area contributed by atoms with Crippen molar-refractivity contribution in [1.82, 2.24) is 25.2 Å². The van der Waals surface area contributed by atoms with Gasteiger partial charge in [-0.2, -0.15) is 0 Å². The molecule has 0 radical (unpaired) electrons. The van der Waals surface area contributed by atoms with E-state index in [-0.39, 0.29) is 5.91 Å². The number of hydrogen-bond acceptors (Lipinski definition) is 5. The first-order chi connectivity index (χ1) is 17.6. The smallest absolute Gasteiger partial charge is 0.246 e. The SMILES string of the molecule is C/C=C/C(=O)N1CCC(CN[C@H]2CCC[C@@H](Nc3ncc(Cl)c(-c4c[nH]c5ccccc45)n3)C2)CC1. The number of rotatable bonds is 7. The third kappa shape index (κ3) is 5.73. The zero-order valence-electron chi connectivity index (χ0n) is 20.8. The minimum atomic E-state index is 0.141. The molecule has 0 spiro atoms. The van der Waals surface area contributed by atoms with E-state index in [0.717, 1.165) is 67.5 Å². The van der Waals surface area contributed by atoms with Gasteiger partial charge in [0.05, 0.1) is 16.9 Å². The van der Waals surface area contributed by atoms with Gasteiger partial charge in [-0.3, -0.25) is 4.79 Å². The zero-order chi connectivity index (χ0) is 24.9. The van der Waals surface area contributed by atoms with Crippen molar-refractivity contribution < 1.29 is 4.79 Å². The number of hydrogen-bond donors (Lipinski definition) is 3. The highest BCUT2D eigenvalue weighted by atomic mass is 35.5. The molecule has 3 heterocycles. The molecule has 3 N–H and O–H groups in total. The molecular formula is C28H35ClN6O. The van der Waals surface area contributed by atoms with E-state index in [1.54, 1.807) is 12.3 Å². The predicted molar refractivity (Wildman–Crippen MR) is 146 cm³/mol. The molecule has 1 aliphatic carbocycles. The highest BCUT2D eigenvalue weighted by Gasteiger charge is 2.26. The van der Waals surface area contributed by atoms with Gasteiger partial charge in [0.1, 0.15) is 0 Å². The Balaban J connectivity index is 1.15. The van der Waals surface area contributed by atoms with Crippen molar-refractivity contribution in [1.29, 1.82) is 0 Å². The number of para-hydroxylation sites is 1. The molecule has 3 aromatic rings. The van der Waals surface area contributed by atoms with E-state index < -0.39 is 0 Å². The van der Waals surface area contributed by atoms with Crippen molar-refractivity contribution in [2.75, 3.05) is 25.0 Å². The van der Waals surface area contributed by atoms with Gasteiger partial charge in [0.2, 0.25) is 11.9 Å². The van der Waals surface area contributed by atoms with Gasteiger partial charge in [-0.25, -0.2) is 9.97 Å². The molecule has 1 saturated carbocycles. The lowest BCUT2D eigenvalue weighted by Crippen LogP contribution is -2.44. The van der Waals surface area contributed by atoms with Crippen LogP contribution in [-0.4, -0.2) is 57.5 Å². The second-order valence-corrected chi connectivity index (χ2v) is 10.4. The fourth-order valence-corrected chi connectivity index (χ4v) is 5.71. The number of carbonyl (C=O) groups is 1. The van der Waals surface area contributed by atoms with E-state index in [2.05, 4.69) is 32.7 Å². The molecule has 0 bridgehead atoms. The van der Waals surface area contributed by atoms with Gasteiger partial charge in [0.25, 0.3) is 0 Å². The van der Waals surface area contributed by atoms with Crippen molar-refractivity contribution in [3.05, 3.63) is 53.8 Å². The van der Waals surface area contributed by atoms with Gasteiger partial charge in [0.15, 0.2) is 0 Å². The Morgan fingerprint density at radius 2 is 2.00 bits per heavy atom. The maximum absolute atomic E-state index is 12.1. The van der Waals surface area contributed by atoms with E-state index in [1.165, 1.54) is 12.8 Å². The monoisotopic (exact) mass is 506 g/mol. The molecule has 2 fully saturated rings. The van der Waals surface area contributed by atoms with Crippen molar-refractivity contribution in [2.24, 2.45) is 5.92 Å². The molecule has 7 nitrogen and oxygen atoms in total. The number of allylic oxidation sites excluding steroid dienone is 1. The normalized spacial score (nSPS) is 21.3. The molecule has 5 rings (SSSR count). The van der Waals surface area contributed by atoms with Gasteiger partial charge in [-0.15, -0.1) is 0 Å². The van der Waals surface area contributed by atoms with Crippen LogP contribution in [0.2, 0.25) is 5.02 Å². The highest BCUT2D eigenvalue weighted by Crippen LogP contribution is 2.32. The standard InChI is InChI=1S/C28H35ClN6O/c1-2-6-26(36)35-13-11-19(12-14-35)16-30-20-7-5-8-21(15-20)33-28-32-18-24(29)27(34-28)23-17-31-25-10-4-3-9-22(23)25/h2-4,6,9-10,17-21,30-31H,5,7-8,11-16H2,1H3,(H,32,33,34)/b6-2+/t20-,21+/m0/s1. The van der Waals surface area contributed by atoms with Crippen molar-refractivity contribution in [2.45, 2.75) is 57.5 Å². The first kappa shape index (κ1) is 24.8. The summed E-state index contributed by atoms with van der Waals surface area (Å²) in [6, 6.07) is 8.98. The highest BCUT2D eigenvalue weighted by molar-refractivity contribution is 6.33. The second-order valence-electron chi connectivity index (χ2n) is 10.0. The quantitative estimate of drug-likeness (QED) is 0.373. The van der Waals surface area contributed by atoms with Crippen LogP contribution in [0.3, 0.4) is 0 Å². The molecule has 1 aromatic carbocycles. The fraction of sp³-hybridized carbons (Fsp3) is 0.464. The van der Waals surface area contributed by atoms with E-state index in [1.807, 2.05) is 36.2 Å². The van der Waals surface area contributed by atoms with Gasteiger partial charge in [0, 0.05) is 47.8 Å². The number of benzene rings is 1. The van der Waals surface area contributed by atoms with Crippen molar-refractivity contribution in [3.8, 4) is 11.3 Å². The summed E-state index contributed by atoms with van der Waals surface area (Å²) in [6.45, 7) is 4.63. The maximum atomic E-state index is 12.1. The Bertz CT molecular complexity index is 1220. The number of aromatic amines is 1. The third-order valence-corrected chi connectivity index (χ3v) is 7.80. The molecule has 36 heavy (non-hydrogen) atoms. The number of fused-ring (bicyclic) bond motifs is 1. The first-order valence-corrected chi connectivity index (χ1v) is 13.5. The minimum absolute atomic E-state index is 0.141. The summed E-state index contributed by atoms with van der Waals surface area (Å²) in [7, 11) is 0. The lowest BCUT2D eigenvalue weighted by molar-refractivity contribution is -0.127. The van der Waals surface area contributed by atoms with Crippen LogP contribution in [0.15, 0.2) is 48.8 Å². The maximum Gasteiger partial charge on any atom is 0.246 e. The van der Waals surface area contributed by atoms with Crippen LogP contribution in [0.1, 0.15) is 45.4 Å². The van der Waals surface area contributed by atoms with Crippen LogP contribution in [-0.2, 0) is 4.79 Å². The number of nitrogens with zero attached hydrogens (tertiary/aromatic N) is 3. The van der Waals surface area contributed by atoms with Crippen molar-refractivity contribution in [3.63, 3.8) is 0 Å². The molecule has 2 aromatic heterocycles. The number of amides is 1. The number of piperidine rings is 1. The van der Waals surface area contributed by atoms with Crippen LogP contribution < -0.4 is 10.6 Å². The Kier molecular flexibility index (Phi) is 7.87. The van der Waals surface area contributed by atoms with Gasteiger partial charge in [-0.05, 0) is 70.1 Å². The minimum Gasteiger partial charge on any atom is -0.360 e. The molecule has 1 aliphatic heterocycles. The summed E-state index contributed by atoms with van der Waals surface area (Å²) < 4.78 is 0. The number of aromatic nitrogens is 3. The molecular weight excluding hydrogens is 472 g/mol. The lowest BCUT2D eigenvalue weighted by Gasteiger charge is -2.34. The Hall–Kier alpha value is -2.90. The summed E-state index contributed by atoms with van der Waals surface area (Å²) in [5.74, 6) is 1.40. The van der Waals surface area contributed by atoms with E-state index in [0.29, 0.717) is 29.0 Å². The van der Waals surface area contributed by atoms with Gasteiger partial charge in [-0.1, -0.05) is 35.9 Å². The van der Waals surface area contributed by atoms with Crippen LogP contribution in [0.4, 0.5) is 5.95 Å². The molecule has 1 saturated heterocycles. The number of nitrogens with one attached hydrogen (secondary N) is 3. The van der Waals surface area contributed by atoms with E-state index >= 15 is 0 Å². The summed E-state index contributed by atoms with van der Waals surface area (Å²) in [5.41, 5.74) is 2.80. The van der Waals surface area contributed by atoms with Crippen LogP contribution in [0, 0.1) is 5.92 Å². The van der Waals surface area contributed by atoms with Gasteiger partial charge >= 0.3 is 0 Å². The number of anilines is 1. The molecule has 190 valence electrons. The predicted octanol–water partition coefficient (Wildman–Crippen LogP) is 5.41.